The summed E-state index contributed by atoms with van der Waals surface area (Å²) in [5, 5.41) is 6.42. The van der Waals surface area contributed by atoms with Crippen molar-refractivity contribution in [3.05, 3.63) is 60.8 Å². The Morgan fingerprint density at radius 3 is 2.90 bits per heavy atom. The number of aromatic nitrogens is 3. The standard InChI is InChI=1S/C13H9FN4O2/c14-11-5-10(17-13(19)9-3-4-20-6-9)1-2-12(11)18-8-15-7-16-18/h1-8H,(H,17,19). The van der Waals surface area contributed by atoms with Crippen LogP contribution in [0.4, 0.5) is 10.1 Å². The van der Waals surface area contributed by atoms with Crippen molar-refractivity contribution in [1.82, 2.24) is 14.8 Å². The predicted octanol–water partition coefficient (Wildman–Crippen LogP) is 2.25. The molecule has 1 N–H and O–H groups in total. The number of carbonyl (C=O) groups is 1. The summed E-state index contributed by atoms with van der Waals surface area (Å²) in [5.41, 5.74) is 0.965. The molecule has 20 heavy (non-hydrogen) atoms. The molecule has 0 saturated heterocycles. The lowest BCUT2D eigenvalue weighted by molar-refractivity contribution is 0.102. The van der Waals surface area contributed by atoms with E-state index in [4.69, 9.17) is 4.42 Å². The number of furan rings is 1. The number of amides is 1. The molecule has 3 rings (SSSR count). The second-order valence-corrected chi connectivity index (χ2v) is 3.97. The van der Waals surface area contributed by atoms with Crippen LogP contribution < -0.4 is 5.32 Å². The Morgan fingerprint density at radius 2 is 2.25 bits per heavy atom. The van der Waals surface area contributed by atoms with Crippen molar-refractivity contribution in [3.63, 3.8) is 0 Å². The van der Waals surface area contributed by atoms with Crippen LogP contribution in [0.25, 0.3) is 5.69 Å². The number of carbonyl (C=O) groups excluding carboxylic acids is 1. The van der Waals surface area contributed by atoms with Crippen molar-refractivity contribution in [3.8, 4) is 5.69 Å². The summed E-state index contributed by atoms with van der Waals surface area (Å²) in [6.07, 6.45) is 5.41. The largest absolute Gasteiger partial charge is 0.472 e. The van der Waals surface area contributed by atoms with E-state index in [0.717, 1.165) is 0 Å². The zero-order valence-electron chi connectivity index (χ0n) is 10.2. The zero-order valence-corrected chi connectivity index (χ0v) is 10.2. The van der Waals surface area contributed by atoms with Gasteiger partial charge >= 0.3 is 0 Å². The van der Waals surface area contributed by atoms with Crippen LogP contribution in [0, 0.1) is 5.82 Å². The monoisotopic (exact) mass is 272 g/mol. The molecule has 7 heteroatoms. The van der Waals surface area contributed by atoms with E-state index < -0.39 is 5.82 Å². The first-order valence-electron chi connectivity index (χ1n) is 5.72. The van der Waals surface area contributed by atoms with E-state index in [2.05, 4.69) is 15.4 Å². The molecule has 0 radical (unpaired) electrons. The highest BCUT2D eigenvalue weighted by Gasteiger charge is 2.10. The molecule has 0 bridgehead atoms. The number of nitrogens with zero attached hydrogens (tertiary/aromatic N) is 3. The van der Waals surface area contributed by atoms with Gasteiger partial charge in [-0.25, -0.2) is 14.1 Å². The maximum atomic E-state index is 13.9. The van der Waals surface area contributed by atoms with Gasteiger partial charge in [-0.15, -0.1) is 0 Å². The summed E-state index contributed by atoms with van der Waals surface area (Å²) in [6, 6.07) is 5.83. The predicted molar refractivity (Wildman–Crippen MR) is 68.0 cm³/mol. The maximum absolute atomic E-state index is 13.9. The number of rotatable bonds is 3. The molecule has 0 aliphatic rings. The fourth-order valence-electron chi connectivity index (χ4n) is 1.70. The molecule has 2 aromatic heterocycles. The third kappa shape index (κ3) is 2.28. The minimum absolute atomic E-state index is 0.254. The minimum atomic E-state index is -0.513. The maximum Gasteiger partial charge on any atom is 0.258 e. The second kappa shape index (κ2) is 4.96. The van der Waals surface area contributed by atoms with E-state index in [9.17, 15) is 9.18 Å². The van der Waals surface area contributed by atoms with Crippen LogP contribution in [-0.4, -0.2) is 20.7 Å². The van der Waals surface area contributed by atoms with Crippen LogP contribution in [-0.2, 0) is 0 Å². The lowest BCUT2D eigenvalue weighted by Crippen LogP contribution is -2.11. The summed E-state index contributed by atoms with van der Waals surface area (Å²) in [5.74, 6) is -0.882. The first kappa shape index (κ1) is 12.1. The van der Waals surface area contributed by atoms with Gasteiger partial charge in [0.25, 0.3) is 5.91 Å². The highest BCUT2D eigenvalue weighted by Crippen LogP contribution is 2.18. The summed E-state index contributed by atoms with van der Waals surface area (Å²) in [6.45, 7) is 0. The average Bonchev–Trinajstić information content (AvgIpc) is 3.12. The van der Waals surface area contributed by atoms with E-state index in [-0.39, 0.29) is 11.6 Å². The van der Waals surface area contributed by atoms with Gasteiger partial charge in [-0.2, -0.15) is 5.10 Å². The van der Waals surface area contributed by atoms with E-state index in [1.165, 1.54) is 48.1 Å². The van der Waals surface area contributed by atoms with Gasteiger partial charge in [0.2, 0.25) is 0 Å². The Hall–Kier alpha value is -2.96. The Morgan fingerprint density at radius 1 is 1.35 bits per heavy atom. The summed E-state index contributed by atoms with van der Waals surface area (Å²) >= 11 is 0. The van der Waals surface area contributed by atoms with Crippen molar-refractivity contribution in [1.29, 1.82) is 0 Å². The SMILES string of the molecule is O=C(Nc1ccc(-n2cncn2)c(F)c1)c1ccoc1. The summed E-state index contributed by atoms with van der Waals surface area (Å²) < 4.78 is 20.1. The Kier molecular flexibility index (Phi) is 3.00. The molecule has 1 aromatic carbocycles. The molecule has 2 heterocycles. The molecule has 0 spiro atoms. The molecule has 6 nitrogen and oxygen atoms in total. The first-order valence-corrected chi connectivity index (χ1v) is 5.72. The molecule has 0 aliphatic heterocycles. The van der Waals surface area contributed by atoms with Crippen molar-refractivity contribution >= 4 is 11.6 Å². The van der Waals surface area contributed by atoms with Crippen molar-refractivity contribution < 1.29 is 13.6 Å². The molecule has 3 aromatic rings. The molecular weight excluding hydrogens is 263 g/mol. The van der Waals surface area contributed by atoms with E-state index in [1.54, 1.807) is 6.07 Å². The number of hydrogen-bond acceptors (Lipinski definition) is 4. The van der Waals surface area contributed by atoms with Gasteiger partial charge in [0.1, 0.15) is 24.6 Å². The molecular formula is C13H9FN4O2. The topological polar surface area (TPSA) is 73.0 Å². The quantitative estimate of drug-likeness (QED) is 0.793. The van der Waals surface area contributed by atoms with Crippen LogP contribution >= 0.6 is 0 Å². The third-order valence-electron chi connectivity index (χ3n) is 2.65. The van der Waals surface area contributed by atoms with E-state index in [0.29, 0.717) is 11.3 Å². The van der Waals surface area contributed by atoms with E-state index >= 15 is 0 Å². The fraction of sp³-hybridized carbons (Fsp3) is 0. The van der Waals surface area contributed by atoms with Gasteiger partial charge in [-0.3, -0.25) is 4.79 Å². The Bertz CT molecular complexity index is 723. The molecule has 0 fully saturated rings. The molecule has 0 aliphatic carbocycles. The lowest BCUT2D eigenvalue weighted by atomic mass is 10.2. The van der Waals surface area contributed by atoms with Crippen molar-refractivity contribution in [2.75, 3.05) is 5.32 Å². The molecule has 0 saturated carbocycles. The number of nitrogens with one attached hydrogen (secondary N) is 1. The first-order chi connectivity index (χ1) is 9.74. The van der Waals surface area contributed by atoms with Gasteiger partial charge in [-0.05, 0) is 24.3 Å². The third-order valence-corrected chi connectivity index (χ3v) is 2.65. The normalized spacial score (nSPS) is 10.4. The van der Waals surface area contributed by atoms with Crippen molar-refractivity contribution in [2.24, 2.45) is 0 Å². The van der Waals surface area contributed by atoms with Crippen molar-refractivity contribution in [2.45, 2.75) is 0 Å². The summed E-state index contributed by atoms with van der Waals surface area (Å²) in [7, 11) is 0. The second-order valence-electron chi connectivity index (χ2n) is 3.97. The highest BCUT2D eigenvalue weighted by atomic mass is 19.1. The number of hydrogen-bond donors (Lipinski definition) is 1. The molecule has 100 valence electrons. The number of halogens is 1. The van der Waals surface area contributed by atoms with Gasteiger partial charge in [0.05, 0.1) is 11.8 Å². The number of anilines is 1. The van der Waals surface area contributed by atoms with Crippen LogP contribution in [0.3, 0.4) is 0 Å². The molecule has 1 amide bonds. The Labute approximate surface area is 112 Å². The molecule has 0 atom stereocenters. The molecule has 0 unspecified atom stereocenters. The Balaban J connectivity index is 1.82. The van der Waals surface area contributed by atoms with Crippen LogP contribution in [0.5, 0.6) is 0 Å². The van der Waals surface area contributed by atoms with Gasteiger partial charge in [0, 0.05) is 5.69 Å². The smallest absolute Gasteiger partial charge is 0.258 e. The van der Waals surface area contributed by atoms with Crippen LogP contribution in [0.2, 0.25) is 0 Å². The van der Waals surface area contributed by atoms with Gasteiger partial charge in [-0.1, -0.05) is 0 Å². The van der Waals surface area contributed by atoms with Crippen LogP contribution in [0.1, 0.15) is 10.4 Å². The summed E-state index contributed by atoms with van der Waals surface area (Å²) in [4.78, 5) is 15.5. The van der Waals surface area contributed by atoms with Gasteiger partial charge in [0.15, 0.2) is 5.82 Å². The van der Waals surface area contributed by atoms with Gasteiger partial charge < -0.3 is 9.73 Å². The minimum Gasteiger partial charge on any atom is -0.472 e. The number of benzene rings is 1. The zero-order chi connectivity index (χ0) is 13.9. The highest BCUT2D eigenvalue weighted by molar-refractivity contribution is 6.04. The fourth-order valence-corrected chi connectivity index (χ4v) is 1.70. The lowest BCUT2D eigenvalue weighted by Gasteiger charge is -2.06. The van der Waals surface area contributed by atoms with E-state index in [1.807, 2.05) is 0 Å². The average molecular weight is 272 g/mol. The van der Waals surface area contributed by atoms with Crippen LogP contribution in [0.15, 0.2) is 53.9 Å².